The quantitative estimate of drug-likeness (QED) is 0.155. The van der Waals surface area contributed by atoms with Gasteiger partial charge in [-0.1, -0.05) is 99.5 Å². The molecule has 3 fully saturated rings. The minimum absolute atomic E-state index is 0.0486. The van der Waals surface area contributed by atoms with Crippen LogP contribution >= 0.6 is 11.8 Å². The van der Waals surface area contributed by atoms with Crippen LogP contribution in [0.4, 0.5) is 0 Å². The molecule has 0 radical (unpaired) electrons. The van der Waals surface area contributed by atoms with Gasteiger partial charge in [0.25, 0.3) is 0 Å². The lowest BCUT2D eigenvalue weighted by Crippen LogP contribution is -2.58. The van der Waals surface area contributed by atoms with Gasteiger partial charge in [0.05, 0.1) is 23.9 Å². The summed E-state index contributed by atoms with van der Waals surface area (Å²) in [5.74, 6) is 2.20. The molecule has 0 amide bonds. The molecule has 0 aromatic carbocycles. The van der Waals surface area contributed by atoms with Crippen LogP contribution < -0.4 is 0 Å². The fourth-order valence-corrected chi connectivity index (χ4v) is 13.8. The van der Waals surface area contributed by atoms with Crippen LogP contribution in [0, 0.1) is 28.6 Å². The normalized spacial score (nSPS) is 35.4. The molecular weight excluding hydrogens is 645 g/mol. The predicted octanol–water partition coefficient (Wildman–Crippen LogP) is 11.3. The highest BCUT2D eigenvalue weighted by atomic mass is 32.2. The van der Waals surface area contributed by atoms with Gasteiger partial charge in [0.15, 0.2) is 16.6 Å². The van der Waals surface area contributed by atoms with Crippen molar-refractivity contribution in [2.45, 2.75) is 199 Å². The highest BCUT2D eigenvalue weighted by Gasteiger charge is 2.62. The van der Waals surface area contributed by atoms with E-state index in [2.05, 4.69) is 115 Å². The molecule has 0 unspecified atom stereocenters. The molecule has 0 aromatic rings. The monoisotopic (exact) mass is 721 g/mol. The Morgan fingerprint density at radius 1 is 0.917 bits per heavy atom. The lowest BCUT2D eigenvalue weighted by Gasteiger charge is -2.59. The number of rotatable bonds is 12. The molecule has 4 aliphatic rings. The molecule has 4 rings (SSSR count). The Labute approximate surface area is 303 Å². The first kappa shape index (κ1) is 40.9. The molecule has 9 atom stereocenters. The molecule has 0 heterocycles. The third-order valence-corrected chi connectivity index (χ3v) is 25.6. The SMILES string of the molecule is CCC(O)(CC)CCCS[C@@H](C)[C@H]1[C@@H](O)C[C@H]2C3=CC=C4C[C@@H](O[Si](C)(C)C(C)(C)C)C[C@H](O[Si](C)(C)C(C)(C)C)[C@]4(C)[C@H]3CC[C@]12C. The van der Waals surface area contributed by atoms with Crippen LogP contribution in [0.25, 0.3) is 0 Å². The molecule has 7 heteroatoms. The maximum atomic E-state index is 11.8. The summed E-state index contributed by atoms with van der Waals surface area (Å²) in [6, 6.07) is 0. The van der Waals surface area contributed by atoms with E-state index < -0.39 is 22.2 Å². The second kappa shape index (κ2) is 14.2. The maximum Gasteiger partial charge on any atom is 0.192 e. The van der Waals surface area contributed by atoms with Crippen molar-refractivity contribution in [2.75, 3.05) is 5.75 Å². The van der Waals surface area contributed by atoms with E-state index in [0.717, 1.165) is 57.1 Å². The second-order valence-corrected chi connectivity index (χ2v) is 31.0. The van der Waals surface area contributed by atoms with Gasteiger partial charge in [0.2, 0.25) is 0 Å². The van der Waals surface area contributed by atoms with Crippen molar-refractivity contribution in [1.82, 2.24) is 0 Å². The largest absolute Gasteiger partial charge is 0.414 e. The third-order valence-electron chi connectivity index (χ3n) is 15.2. The Hall–Kier alpha value is 0.104. The topological polar surface area (TPSA) is 58.9 Å². The molecule has 0 aromatic heterocycles. The third kappa shape index (κ3) is 7.60. The summed E-state index contributed by atoms with van der Waals surface area (Å²) in [7, 11) is -4.00. The van der Waals surface area contributed by atoms with Crippen LogP contribution in [0.15, 0.2) is 23.3 Å². The zero-order chi connectivity index (χ0) is 36.3. The molecule has 4 aliphatic carbocycles. The number of aliphatic hydroxyl groups excluding tert-OH is 1. The van der Waals surface area contributed by atoms with Crippen LogP contribution in [-0.4, -0.2) is 61.8 Å². The number of allylic oxidation sites excluding steroid dienone is 3. The van der Waals surface area contributed by atoms with Crippen molar-refractivity contribution in [3.8, 4) is 0 Å². The summed E-state index contributed by atoms with van der Waals surface area (Å²) in [4.78, 5) is 0. The number of fused-ring (bicyclic) bond motifs is 5. The van der Waals surface area contributed by atoms with E-state index in [0.29, 0.717) is 17.1 Å². The molecule has 0 saturated heterocycles. The minimum Gasteiger partial charge on any atom is -0.414 e. The van der Waals surface area contributed by atoms with Gasteiger partial charge in [-0.25, -0.2) is 0 Å². The van der Waals surface area contributed by atoms with Crippen molar-refractivity contribution >= 4 is 28.4 Å². The Kier molecular flexibility index (Phi) is 12.1. The first-order chi connectivity index (χ1) is 21.9. The van der Waals surface area contributed by atoms with Crippen molar-refractivity contribution in [1.29, 1.82) is 0 Å². The summed E-state index contributed by atoms with van der Waals surface area (Å²) in [5, 5.41) is 23.3. The van der Waals surface area contributed by atoms with Crippen molar-refractivity contribution < 1.29 is 19.1 Å². The van der Waals surface area contributed by atoms with Gasteiger partial charge in [0.1, 0.15) is 0 Å². The van der Waals surface area contributed by atoms with Gasteiger partial charge < -0.3 is 19.1 Å². The van der Waals surface area contributed by atoms with Crippen LogP contribution in [0.1, 0.15) is 134 Å². The second-order valence-electron chi connectivity index (χ2n) is 20.0. The lowest BCUT2D eigenvalue weighted by molar-refractivity contribution is -0.0438. The Morgan fingerprint density at radius 3 is 2.06 bits per heavy atom. The molecule has 4 nitrogen and oxygen atoms in total. The number of aliphatic hydroxyl groups is 2. The van der Waals surface area contributed by atoms with Crippen molar-refractivity contribution in [3.05, 3.63) is 23.3 Å². The van der Waals surface area contributed by atoms with E-state index in [1.54, 1.807) is 5.57 Å². The smallest absolute Gasteiger partial charge is 0.192 e. The first-order valence-corrected chi connectivity index (χ1v) is 26.5. The van der Waals surface area contributed by atoms with Gasteiger partial charge in [-0.15, -0.1) is 0 Å². The fraction of sp³-hybridized carbons (Fsp3) is 0.902. The fourth-order valence-electron chi connectivity index (χ4n) is 9.67. The van der Waals surface area contributed by atoms with Gasteiger partial charge in [0, 0.05) is 16.6 Å². The molecule has 2 N–H and O–H groups in total. The standard InChI is InChI=1S/C41H76O4SSi2/c1-16-41(43,17-2)22-18-24-46-28(3)36-34(42)27-33-31-20-19-29-25-30(44-47(12,13)37(4,5)6)26-35(45-48(14,15)38(7,8)9)40(29,11)32(31)21-23-39(33,36)10/h19-20,28,30,32-36,42-43H,16-18,21-27H2,1-15H3/t28-,30+,32-,33-,34-,35-,36-,39-,40-/m0/s1. The van der Waals surface area contributed by atoms with Crippen LogP contribution in [-0.2, 0) is 8.85 Å². The highest BCUT2D eigenvalue weighted by Crippen LogP contribution is 2.67. The molecule has 0 spiro atoms. The van der Waals surface area contributed by atoms with Crippen LogP contribution in [0.5, 0.6) is 0 Å². The average Bonchev–Trinajstić information content (AvgIpc) is 3.24. The number of hydrogen-bond donors (Lipinski definition) is 2. The van der Waals surface area contributed by atoms with Crippen molar-refractivity contribution in [3.63, 3.8) is 0 Å². The molecular formula is C41H76O4SSi2. The van der Waals surface area contributed by atoms with Crippen LogP contribution in [0.2, 0.25) is 36.3 Å². The molecule has 278 valence electrons. The number of thioether (sulfide) groups is 1. The van der Waals surface area contributed by atoms with E-state index in [-0.39, 0.29) is 45.1 Å². The summed E-state index contributed by atoms with van der Waals surface area (Å²) in [5.41, 5.74) is 2.66. The maximum absolute atomic E-state index is 11.8. The van der Waals surface area contributed by atoms with E-state index in [1.807, 2.05) is 11.8 Å². The van der Waals surface area contributed by atoms with E-state index >= 15 is 0 Å². The molecule has 48 heavy (non-hydrogen) atoms. The van der Waals surface area contributed by atoms with Gasteiger partial charge in [-0.05, 0) is 117 Å². The van der Waals surface area contributed by atoms with E-state index in [4.69, 9.17) is 8.85 Å². The average molecular weight is 721 g/mol. The van der Waals surface area contributed by atoms with Crippen molar-refractivity contribution in [2.24, 2.45) is 28.6 Å². The minimum atomic E-state index is -2.06. The summed E-state index contributed by atoms with van der Waals surface area (Å²) in [6.45, 7) is 35.4. The van der Waals surface area contributed by atoms with Gasteiger partial charge >= 0.3 is 0 Å². The highest BCUT2D eigenvalue weighted by molar-refractivity contribution is 7.99. The predicted molar refractivity (Wildman–Crippen MR) is 213 cm³/mol. The van der Waals surface area contributed by atoms with E-state index in [9.17, 15) is 10.2 Å². The molecule has 0 aliphatic heterocycles. The lowest BCUT2D eigenvalue weighted by atomic mass is 9.49. The summed E-state index contributed by atoms with van der Waals surface area (Å²) in [6.07, 6.45) is 13.8. The summed E-state index contributed by atoms with van der Waals surface area (Å²) < 4.78 is 14.7. The van der Waals surface area contributed by atoms with Gasteiger partial charge in [-0.2, -0.15) is 11.8 Å². The Balaban J connectivity index is 1.62. The van der Waals surface area contributed by atoms with Gasteiger partial charge in [-0.3, -0.25) is 0 Å². The molecule has 0 bridgehead atoms. The zero-order valence-corrected chi connectivity index (χ0v) is 36.7. The molecule has 3 saturated carbocycles. The zero-order valence-electron chi connectivity index (χ0n) is 33.9. The van der Waals surface area contributed by atoms with E-state index in [1.165, 1.54) is 12.0 Å². The number of hydrogen-bond acceptors (Lipinski definition) is 5. The van der Waals surface area contributed by atoms with Crippen LogP contribution in [0.3, 0.4) is 0 Å². The Morgan fingerprint density at radius 2 is 1.50 bits per heavy atom. The first-order valence-electron chi connectivity index (χ1n) is 19.7. The summed E-state index contributed by atoms with van der Waals surface area (Å²) >= 11 is 2.03. The Bertz CT molecular complexity index is 1190.